The van der Waals surface area contributed by atoms with E-state index in [0.29, 0.717) is 5.56 Å². The minimum atomic E-state index is -0.501. The van der Waals surface area contributed by atoms with Crippen LogP contribution in [0.1, 0.15) is 31.2 Å². The lowest BCUT2D eigenvalue weighted by Gasteiger charge is -2.29. The lowest BCUT2D eigenvalue weighted by Crippen LogP contribution is -2.35. The molecule has 0 aliphatic heterocycles. The summed E-state index contributed by atoms with van der Waals surface area (Å²) in [5.74, 6) is -0.906. The van der Waals surface area contributed by atoms with Crippen LogP contribution in [-0.4, -0.2) is 13.6 Å². The second-order valence-electron chi connectivity index (χ2n) is 4.64. The number of halogens is 2. The average molecular weight is 225 g/mol. The maximum atomic E-state index is 13.8. The van der Waals surface area contributed by atoms with Crippen molar-refractivity contribution in [2.75, 3.05) is 13.6 Å². The third-order valence-electron chi connectivity index (χ3n) is 3.58. The van der Waals surface area contributed by atoms with E-state index in [1.54, 1.807) is 6.07 Å². The highest BCUT2D eigenvalue weighted by molar-refractivity contribution is 5.29. The van der Waals surface area contributed by atoms with Crippen molar-refractivity contribution in [3.8, 4) is 0 Å². The van der Waals surface area contributed by atoms with Gasteiger partial charge in [0.25, 0.3) is 0 Å². The summed E-state index contributed by atoms with van der Waals surface area (Å²) in [6.07, 6.45) is 4.21. The number of likely N-dealkylation sites (N-methyl/N-ethyl adjacent to an activating group) is 1. The minimum Gasteiger partial charge on any atom is -0.319 e. The van der Waals surface area contributed by atoms with Crippen molar-refractivity contribution >= 4 is 0 Å². The number of rotatable bonds is 3. The Kier molecular flexibility index (Phi) is 3.24. The standard InChI is InChI=1S/C13H17F2N/c1-16-9-13(6-2-3-7-13)11-5-4-10(14)8-12(11)15/h4-5,8,16H,2-3,6-7,9H2,1H3. The van der Waals surface area contributed by atoms with Crippen LogP contribution in [0, 0.1) is 11.6 Å². The lowest BCUT2D eigenvalue weighted by atomic mass is 9.78. The zero-order chi connectivity index (χ0) is 11.6. The average Bonchev–Trinajstić information content (AvgIpc) is 2.67. The van der Waals surface area contributed by atoms with Crippen LogP contribution in [0.25, 0.3) is 0 Å². The molecule has 0 aromatic heterocycles. The molecule has 1 N–H and O–H groups in total. The van der Waals surface area contributed by atoms with E-state index < -0.39 is 11.6 Å². The van der Waals surface area contributed by atoms with Crippen molar-refractivity contribution in [1.29, 1.82) is 0 Å². The van der Waals surface area contributed by atoms with Crippen molar-refractivity contribution in [2.45, 2.75) is 31.1 Å². The Labute approximate surface area is 94.9 Å². The first-order chi connectivity index (χ1) is 7.68. The molecule has 0 bridgehead atoms. The molecule has 88 valence electrons. The highest BCUT2D eigenvalue weighted by atomic mass is 19.1. The number of hydrogen-bond acceptors (Lipinski definition) is 1. The molecule has 1 aliphatic rings. The third-order valence-corrected chi connectivity index (χ3v) is 3.58. The monoisotopic (exact) mass is 225 g/mol. The summed E-state index contributed by atoms with van der Waals surface area (Å²) in [5.41, 5.74) is 0.535. The normalized spacial score (nSPS) is 18.9. The Morgan fingerprint density at radius 1 is 1.25 bits per heavy atom. The lowest BCUT2D eigenvalue weighted by molar-refractivity contribution is 0.398. The third kappa shape index (κ3) is 1.96. The fourth-order valence-corrected chi connectivity index (χ4v) is 2.85. The Morgan fingerprint density at radius 2 is 1.94 bits per heavy atom. The fraction of sp³-hybridized carbons (Fsp3) is 0.538. The van der Waals surface area contributed by atoms with Crippen molar-refractivity contribution < 1.29 is 8.78 Å². The minimum absolute atomic E-state index is 0.132. The molecule has 1 fully saturated rings. The first-order valence-corrected chi connectivity index (χ1v) is 5.78. The predicted octanol–water partition coefficient (Wildman–Crippen LogP) is 3.00. The van der Waals surface area contributed by atoms with Gasteiger partial charge in [-0.25, -0.2) is 8.78 Å². The van der Waals surface area contributed by atoms with Crippen LogP contribution >= 0.6 is 0 Å². The summed E-state index contributed by atoms with van der Waals surface area (Å²) in [6, 6.07) is 3.95. The molecule has 1 nitrogen and oxygen atoms in total. The second kappa shape index (κ2) is 4.50. The largest absolute Gasteiger partial charge is 0.319 e. The Hall–Kier alpha value is -0.960. The van der Waals surface area contributed by atoms with E-state index in [1.807, 2.05) is 7.05 Å². The molecule has 0 saturated heterocycles. The summed E-state index contributed by atoms with van der Waals surface area (Å²) >= 11 is 0. The van der Waals surface area contributed by atoms with E-state index in [1.165, 1.54) is 6.07 Å². The van der Waals surface area contributed by atoms with Gasteiger partial charge < -0.3 is 5.32 Å². The van der Waals surface area contributed by atoms with Crippen molar-refractivity contribution in [3.05, 3.63) is 35.4 Å². The summed E-state index contributed by atoms with van der Waals surface area (Å²) in [4.78, 5) is 0. The maximum absolute atomic E-state index is 13.8. The van der Waals surface area contributed by atoms with Gasteiger partial charge in [-0.15, -0.1) is 0 Å². The van der Waals surface area contributed by atoms with Crippen LogP contribution in [0.15, 0.2) is 18.2 Å². The van der Waals surface area contributed by atoms with Crippen molar-refractivity contribution in [2.24, 2.45) is 0 Å². The second-order valence-corrected chi connectivity index (χ2v) is 4.64. The van der Waals surface area contributed by atoms with Gasteiger partial charge in [-0.3, -0.25) is 0 Å². The number of hydrogen-bond donors (Lipinski definition) is 1. The molecule has 0 spiro atoms. The van der Waals surface area contributed by atoms with Gasteiger partial charge in [-0.1, -0.05) is 18.9 Å². The molecule has 0 heterocycles. The van der Waals surface area contributed by atoms with Crippen LogP contribution in [-0.2, 0) is 5.41 Å². The predicted molar refractivity (Wildman–Crippen MR) is 60.4 cm³/mol. The highest BCUT2D eigenvalue weighted by Gasteiger charge is 2.36. The molecule has 1 aliphatic carbocycles. The molecule has 0 radical (unpaired) electrons. The number of nitrogens with one attached hydrogen (secondary N) is 1. The van der Waals surface area contributed by atoms with Gasteiger partial charge in [0.15, 0.2) is 0 Å². The summed E-state index contributed by atoms with van der Waals surface area (Å²) in [5, 5.41) is 3.13. The maximum Gasteiger partial charge on any atom is 0.129 e. The smallest absolute Gasteiger partial charge is 0.129 e. The molecule has 2 rings (SSSR count). The first-order valence-electron chi connectivity index (χ1n) is 5.78. The quantitative estimate of drug-likeness (QED) is 0.833. The Bertz CT molecular complexity index is 370. The van der Waals surface area contributed by atoms with E-state index in [9.17, 15) is 8.78 Å². The molecular formula is C13H17F2N. The zero-order valence-electron chi connectivity index (χ0n) is 9.52. The summed E-state index contributed by atoms with van der Waals surface area (Å²) in [6.45, 7) is 0.759. The van der Waals surface area contributed by atoms with Gasteiger partial charge in [0.05, 0.1) is 0 Å². The van der Waals surface area contributed by atoms with E-state index in [4.69, 9.17) is 0 Å². The molecule has 0 unspecified atom stereocenters. The molecule has 1 aromatic carbocycles. The fourth-order valence-electron chi connectivity index (χ4n) is 2.85. The molecule has 3 heteroatoms. The van der Waals surface area contributed by atoms with E-state index in [0.717, 1.165) is 38.3 Å². The van der Waals surface area contributed by atoms with E-state index >= 15 is 0 Å². The van der Waals surface area contributed by atoms with Crippen LogP contribution < -0.4 is 5.32 Å². The SMILES string of the molecule is CNCC1(c2ccc(F)cc2F)CCCC1. The first kappa shape index (κ1) is 11.5. The van der Waals surface area contributed by atoms with E-state index in [-0.39, 0.29) is 5.41 Å². The van der Waals surface area contributed by atoms with Gasteiger partial charge in [-0.2, -0.15) is 0 Å². The van der Waals surface area contributed by atoms with Crippen LogP contribution in [0.5, 0.6) is 0 Å². The van der Waals surface area contributed by atoms with E-state index in [2.05, 4.69) is 5.32 Å². The van der Waals surface area contributed by atoms with Crippen LogP contribution in [0.4, 0.5) is 8.78 Å². The summed E-state index contributed by atoms with van der Waals surface area (Å²) < 4.78 is 26.7. The molecule has 1 saturated carbocycles. The topological polar surface area (TPSA) is 12.0 Å². The highest BCUT2D eigenvalue weighted by Crippen LogP contribution is 2.41. The molecule has 16 heavy (non-hydrogen) atoms. The Morgan fingerprint density at radius 3 is 2.50 bits per heavy atom. The number of benzene rings is 1. The van der Waals surface area contributed by atoms with Crippen molar-refractivity contribution in [1.82, 2.24) is 5.32 Å². The molecule has 0 atom stereocenters. The Balaban J connectivity index is 2.38. The van der Waals surface area contributed by atoms with Crippen LogP contribution in [0.3, 0.4) is 0 Å². The van der Waals surface area contributed by atoms with Gasteiger partial charge >= 0.3 is 0 Å². The summed E-state index contributed by atoms with van der Waals surface area (Å²) in [7, 11) is 1.88. The zero-order valence-corrected chi connectivity index (χ0v) is 9.52. The molecule has 1 aromatic rings. The van der Waals surface area contributed by atoms with Gasteiger partial charge in [0.1, 0.15) is 11.6 Å². The van der Waals surface area contributed by atoms with Gasteiger partial charge in [0, 0.05) is 18.0 Å². The molecule has 0 amide bonds. The molecular weight excluding hydrogens is 208 g/mol. The van der Waals surface area contributed by atoms with Gasteiger partial charge in [0.2, 0.25) is 0 Å². The van der Waals surface area contributed by atoms with Crippen LogP contribution in [0.2, 0.25) is 0 Å². The van der Waals surface area contributed by atoms with Crippen molar-refractivity contribution in [3.63, 3.8) is 0 Å². The van der Waals surface area contributed by atoms with Gasteiger partial charge in [-0.05, 0) is 31.5 Å².